The summed E-state index contributed by atoms with van der Waals surface area (Å²) in [7, 11) is 4.49. The van der Waals surface area contributed by atoms with Gasteiger partial charge in [-0.1, -0.05) is 56.2 Å². The quantitative estimate of drug-likeness (QED) is 0.293. The molecule has 3 N–H and O–H groups in total. The van der Waals surface area contributed by atoms with E-state index >= 15 is 0 Å². The molecule has 13 nitrogen and oxygen atoms in total. The zero-order chi connectivity index (χ0) is 36.4. The average molecular weight is 706 g/mol. The molecule has 0 unspecified atom stereocenters. The highest BCUT2D eigenvalue weighted by Crippen LogP contribution is 2.49. The van der Waals surface area contributed by atoms with E-state index in [1.807, 2.05) is 13.0 Å². The van der Waals surface area contributed by atoms with E-state index in [2.05, 4.69) is 10.6 Å². The first-order chi connectivity index (χ1) is 22.9. The number of fused-ring (bicyclic) bond motifs is 5. The number of halogens is 1. The Morgan fingerprint density at radius 2 is 1.90 bits per heavy atom. The molecule has 0 saturated carbocycles. The van der Waals surface area contributed by atoms with Crippen LogP contribution in [0.4, 0.5) is 10.5 Å². The second-order valence-electron chi connectivity index (χ2n) is 13.6. The van der Waals surface area contributed by atoms with Gasteiger partial charge in [-0.15, -0.1) is 0 Å². The fourth-order valence-corrected chi connectivity index (χ4v) is 6.60. The van der Waals surface area contributed by atoms with Crippen molar-refractivity contribution in [1.29, 1.82) is 0 Å². The number of allylic oxidation sites excluding steroid dienone is 3. The number of carbonyl (C=O) groups is 4. The number of alkyl carbamates (subject to hydrolysis) is 1. The van der Waals surface area contributed by atoms with Gasteiger partial charge in [-0.05, 0) is 44.9 Å². The highest BCUT2D eigenvalue weighted by atomic mass is 35.5. The maximum Gasteiger partial charge on any atom is 0.409 e. The van der Waals surface area contributed by atoms with Gasteiger partial charge in [0.15, 0.2) is 5.72 Å². The molecule has 49 heavy (non-hydrogen) atoms. The van der Waals surface area contributed by atoms with Crippen molar-refractivity contribution in [3.63, 3.8) is 0 Å². The largest absolute Gasteiger partial charge is 0.495 e. The van der Waals surface area contributed by atoms with E-state index in [-0.39, 0.29) is 29.7 Å². The first-order valence-electron chi connectivity index (χ1n) is 16.3. The van der Waals surface area contributed by atoms with Crippen LogP contribution in [0.1, 0.15) is 59.9 Å². The van der Waals surface area contributed by atoms with Crippen LogP contribution in [0.2, 0.25) is 5.02 Å². The summed E-state index contributed by atoms with van der Waals surface area (Å²) >= 11 is 6.72. The molecule has 1 aromatic rings. The molecule has 3 heterocycles. The van der Waals surface area contributed by atoms with E-state index in [9.17, 15) is 24.3 Å². The number of nitrogens with zero attached hydrogens (tertiary/aromatic N) is 1. The molecule has 0 radical (unpaired) electrons. The van der Waals surface area contributed by atoms with Crippen LogP contribution in [-0.4, -0.2) is 92.0 Å². The van der Waals surface area contributed by atoms with Gasteiger partial charge in [0.05, 0.1) is 25.3 Å². The lowest BCUT2D eigenvalue weighted by Gasteiger charge is -2.42. The van der Waals surface area contributed by atoms with Crippen LogP contribution in [-0.2, 0) is 39.8 Å². The lowest BCUT2D eigenvalue weighted by Crippen LogP contribution is -2.63. The Balaban J connectivity index is 1.77. The molecule has 0 aliphatic carbocycles. The van der Waals surface area contributed by atoms with Crippen LogP contribution in [0.25, 0.3) is 0 Å². The molecule has 4 rings (SSSR count). The second-order valence-corrected chi connectivity index (χ2v) is 14.0. The van der Waals surface area contributed by atoms with Gasteiger partial charge < -0.3 is 39.0 Å². The number of benzene rings is 1. The van der Waals surface area contributed by atoms with Gasteiger partial charge in [0, 0.05) is 32.4 Å². The van der Waals surface area contributed by atoms with E-state index in [0.717, 1.165) is 11.1 Å². The molecule has 270 valence electrons. The van der Waals surface area contributed by atoms with E-state index in [1.165, 1.54) is 26.0 Å². The summed E-state index contributed by atoms with van der Waals surface area (Å²) in [5.41, 5.74) is -0.885. The Hall–Kier alpha value is -3.65. The Bertz CT molecular complexity index is 1510. The Kier molecular flexibility index (Phi) is 11.7. The summed E-state index contributed by atoms with van der Waals surface area (Å²) in [4.78, 5) is 53.8. The molecule has 0 spiro atoms. The lowest BCUT2D eigenvalue weighted by atomic mass is 9.83. The number of nitrogens with one attached hydrogen (secondary N) is 2. The summed E-state index contributed by atoms with van der Waals surface area (Å²) in [6, 6.07) is 2.57. The fraction of sp³-hybridized carbons (Fsp3) is 0.600. The molecule has 1 aromatic carbocycles. The van der Waals surface area contributed by atoms with Gasteiger partial charge in [0.25, 0.3) is 0 Å². The number of rotatable bonds is 6. The van der Waals surface area contributed by atoms with Crippen LogP contribution in [0, 0.1) is 11.8 Å². The third-order valence-corrected chi connectivity index (χ3v) is 9.83. The van der Waals surface area contributed by atoms with E-state index in [0.29, 0.717) is 17.9 Å². The summed E-state index contributed by atoms with van der Waals surface area (Å²) in [6.07, 6.45) is 0.988. The van der Waals surface area contributed by atoms with Crippen LogP contribution in [0.5, 0.6) is 5.75 Å². The topological polar surface area (TPSA) is 165 Å². The number of hydrogen-bond acceptors (Lipinski definition) is 10. The highest BCUT2D eigenvalue weighted by Gasteiger charge is 2.64. The standard InChI is InChI=1S/C35H48ClN3O10/c1-18(2)31(41)37-21(5)32(42)48-27-16-28(40)39(7)23-14-22(15-24(45-8)29(23)36)13-19(3)11-10-12-26(46-9)35(44)17-25(47-33(43)38-35)20(4)30-34(27,6)49-30/h10-12,14-15,18,20-21,25-27,30,44H,13,16-17H2,1-9H3,(H,37,41)(H,38,43)/b12-10+,19-11+/t20-,21+,25+,26-,27+,30+,34+,35+/m1/s1. The van der Waals surface area contributed by atoms with Gasteiger partial charge in [-0.25, -0.2) is 9.59 Å². The minimum Gasteiger partial charge on any atom is -0.495 e. The maximum atomic E-state index is 14.0. The lowest BCUT2D eigenvalue weighted by molar-refractivity contribution is -0.157. The molecule has 2 saturated heterocycles. The van der Waals surface area contributed by atoms with Crippen LogP contribution < -0.4 is 20.3 Å². The highest BCUT2D eigenvalue weighted by molar-refractivity contribution is 6.35. The van der Waals surface area contributed by atoms with Gasteiger partial charge in [-0.2, -0.15) is 0 Å². The third kappa shape index (κ3) is 8.39. The summed E-state index contributed by atoms with van der Waals surface area (Å²) in [5.74, 6) is -2.03. The first kappa shape index (κ1) is 38.2. The van der Waals surface area contributed by atoms with E-state index in [1.54, 1.807) is 59.0 Å². The van der Waals surface area contributed by atoms with E-state index < -0.39 is 65.7 Å². The number of aliphatic hydroxyl groups is 1. The number of ether oxygens (including phenoxy) is 5. The fourth-order valence-electron chi connectivity index (χ4n) is 6.29. The van der Waals surface area contributed by atoms with Crippen molar-refractivity contribution in [1.82, 2.24) is 10.6 Å². The van der Waals surface area contributed by atoms with Crippen molar-refractivity contribution >= 4 is 41.2 Å². The van der Waals surface area contributed by atoms with Crippen molar-refractivity contribution in [3.8, 4) is 5.75 Å². The van der Waals surface area contributed by atoms with Crippen molar-refractivity contribution in [2.75, 3.05) is 26.2 Å². The number of hydrogen-bond donors (Lipinski definition) is 3. The average Bonchev–Trinajstić information content (AvgIpc) is 3.73. The molecule has 3 aliphatic heterocycles. The van der Waals surface area contributed by atoms with Gasteiger partial charge in [-0.3, -0.25) is 14.9 Å². The first-order valence-corrected chi connectivity index (χ1v) is 16.7. The van der Waals surface area contributed by atoms with Crippen molar-refractivity contribution in [3.05, 3.63) is 46.5 Å². The predicted octanol–water partition coefficient (Wildman–Crippen LogP) is 3.83. The summed E-state index contributed by atoms with van der Waals surface area (Å²) < 4.78 is 28.9. The molecule has 14 heteroatoms. The van der Waals surface area contributed by atoms with Crippen LogP contribution >= 0.6 is 11.6 Å². The normalized spacial score (nSPS) is 32.9. The monoisotopic (exact) mass is 705 g/mol. The van der Waals surface area contributed by atoms with Crippen molar-refractivity contribution < 1.29 is 48.0 Å². The zero-order valence-corrected chi connectivity index (χ0v) is 30.3. The smallest absolute Gasteiger partial charge is 0.409 e. The molecule has 4 bridgehead atoms. The molecule has 2 fully saturated rings. The number of carbonyl (C=O) groups excluding carboxylic acids is 4. The maximum absolute atomic E-state index is 14.0. The second kappa shape index (κ2) is 15.1. The summed E-state index contributed by atoms with van der Waals surface area (Å²) in [6.45, 7) is 10.3. The number of amides is 3. The third-order valence-electron chi connectivity index (χ3n) is 9.45. The minimum atomic E-state index is -1.82. The van der Waals surface area contributed by atoms with Crippen LogP contribution in [0.3, 0.4) is 0 Å². The summed E-state index contributed by atoms with van der Waals surface area (Å²) in [5, 5.41) is 17.0. The Labute approximate surface area is 292 Å². The zero-order valence-electron chi connectivity index (χ0n) is 29.5. The Morgan fingerprint density at radius 1 is 1.20 bits per heavy atom. The van der Waals surface area contributed by atoms with Crippen LogP contribution in [0.15, 0.2) is 35.9 Å². The molecule has 8 atom stereocenters. The number of epoxide rings is 1. The Morgan fingerprint density at radius 3 is 2.53 bits per heavy atom. The van der Waals surface area contributed by atoms with E-state index in [4.69, 9.17) is 35.3 Å². The molecule has 3 amide bonds. The van der Waals surface area contributed by atoms with Crippen molar-refractivity contribution in [2.45, 2.75) is 103 Å². The molecular weight excluding hydrogens is 658 g/mol. The molecule has 0 aromatic heterocycles. The predicted molar refractivity (Wildman–Crippen MR) is 181 cm³/mol. The number of esters is 1. The molecule has 3 aliphatic rings. The SMILES string of the molecule is COc1cc2cc(c1Cl)N(C)C(=O)C[C@H](OC(=O)[C@H](C)NC(=O)C(C)C)[C@]1(C)O[C@H]1[C@H](C)[C@@H]1C[C@@](O)(NC(=O)O1)[C@H](OC)/C=C/C=C(\C)C2. The van der Waals surface area contributed by atoms with Gasteiger partial charge in [0.2, 0.25) is 11.8 Å². The minimum absolute atomic E-state index is 0.0457. The van der Waals surface area contributed by atoms with Gasteiger partial charge in [0.1, 0.15) is 40.7 Å². The number of anilines is 1. The number of methoxy groups -OCH3 is 2. The van der Waals surface area contributed by atoms with Gasteiger partial charge >= 0.3 is 12.1 Å². The van der Waals surface area contributed by atoms with Crippen molar-refractivity contribution in [2.24, 2.45) is 11.8 Å². The molecular formula is C35H48ClN3O10.